The molecule has 0 aliphatic rings. The molecule has 0 saturated carbocycles. The van der Waals surface area contributed by atoms with Crippen LogP contribution in [0.3, 0.4) is 0 Å². The first-order chi connectivity index (χ1) is 18.7. The molecular weight excluding hydrogens is 531 g/mol. The first-order valence-corrected chi connectivity index (χ1v) is 14.2. The average Bonchev–Trinajstić information content (AvgIpc) is 2.91. The van der Waals surface area contributed by atoms with Crippen LogP contribution in [0.2, 0.25) is 0 Å². The van der Waals surface area contributed by atoms with E-state index >= 15 is 0 Å². The van der Waals surface area contributed by atoms with Gasteiger partial charge >= 0.3 is 0 Å². The molecule has 2 rings (SSSR count). The van der Waals surface area contributed by atoms with Crippen LogP contribution < -0.4 is 9.13 Å². The monoisotopic (exact) mass is 576 g/mol. The van der Waals surface area contributed by atoms with Crippen LogP contribution in [0.1, 0.15) is 11.1 Å². The Labute approximate surface area is 238 Å². The van der Waals surface area contributed by atoms with Crippen molar-refractivity contribution in [2.75, 3.05) is 91.0 Å². The minimum Gasteiger partial charge on any atom is -0.378 e. The molecule has 0 N–H and O–H groups in total. The number of aryl methyl sites for hydroxylation is 2. The summed E-state index contributed by atoms with van der Waals surface area (Å²) in [6, 6.07) is 8.28. The van der Waals surface area contributed by atoms with Gasteiger partial charge in [-0.3, -0.25) is 0 Å². The van der Waals surface area contributed by atoms with Gasteiger partial charge in [-0.15, -0.1) is 23.2 Å². The van der Waals surface area contributed by atoms with Gasteiger partial charge in [-0.25, -0.2) is 9.13 Å². The third-order valence-corrected chi connectivity index (χ3v) is 5.24. The second-order valence-electron chi connectivity index (χ2n) is 8.29. The summed E-state index contributed by atoms with van der Waals surface area (Å²) < 4.78 is 36.3. The van der Waals surface area contributed by atoms with Gasteiger partial charge in [-0.2, -0.15) is 0 Å². The first-order valence-electron chi connectivity index (χ1n) is 13.2. The van der Waals surface area contributed by atoms with Crippen LogP contribution in [0, 0.1) is 13.8 Å². The van der Waals surface area contributed by atoms with Crippen molar-refractivity contribution in [1.29, 1.82) is 0 Å². The van der Waals surface area contributed by atoms with Crippen molar-refractivity contribution >= 4 is 23.2 Å². The fraction of sp³-hybridized carbons (Fsp3) is 0.643. The lowest BCUT2D eigenvalue weighted by atomic mass is 10.3. The molecule has 0 aromatic carbocycles. The Morgan fingerprint density at radius 2 is 0.816 bits per heavy atom. The summed E-state index contributed by atoms with van der Waals surface area (Å²) in [6.07, 6.45) is 8.34. The van der Waals surface area contributed by atoms with Gasteiger partial charge in [0.05, 0.1) is 66.1 Å². The molecule has 0 atom stereocenters. The maximum Gasteiger partial charge on any atom is 0.171 e. The van der Waals surface area contributed by atoms with E-state index in [1.807, 2.05) is 0 Å². The van der Waals surface area contributed by atoms with E-state index in [2.05, 4.69) is 72.0 Å². The van der Waals surface area contributed by atoms with Gasteiger partial charge in [0, 0.05) is 35.0 Å². The van der Waals surface area contributed by atoms with Crippen LogP contribution in [-0.2, 0) is 41.5 Å². The van der Waals surface area contributed by atoms with E-state index in [9.17, 15) is 0 Å². The predicted molar refractivity (Wildman–Crippen MR) is 149 cm³/mol. The number of pyridine rings is 2. The summed E-state index contributed by atoms with van der Waals surface area (Å²) in [5.41, 5.74) is 2.51. The number of ether oxygens (including phenoxy) is 6. The third kappa shape index (κ3) is 21.6. The van der Waals surface area contributed by atoms with Crippen LogP contribution in [0.4, 0.5) is 0 Å². The fourth-order valence-corrected chi connectivity index (χ4v) is 3.34. The van der Waals surface area contributed by atoms with Crippen LogP contribution in [-0.4, -0.2) is 91.0 Å². The van der Waals surface area contributed by atoms with E-state index in [1.165, 1.54) is 11.1 Å². The molecule has 0 aliphatic heterocycles. The largest absolute Gasteiger partial charge is 0.378 e. The van der Waals surface area contributed by atoms with Crippen molar-refractivity contribution in [3.63, 3.8) is 0 Å². The molecular formula is C28H46Cl2N2O6+2. The van der Waals surface area contributed by atoms with Crippen LogP contribution in [0.15, 0.2) is 49.1 Å². The molecule has 2 aromatic rings. The van der Waals surface area contributed by atoms with E-state index in [0.717, 1.165) is 13.1 Å². The summed E-state index contributed by atoms with van der Waals surface area (Å²) in [4.78, 5) is 0. The van der Waals surface area contributed by atoms with Gasteiger partial charge in [0.25, 0.3) is 0 Å². The van der Waals surface area contributed by atoms with Crippen LogP contribution >= 0.6 is 23.2 Å². The molecule has 2 heterocycles. The first kappa shape index (κ1) is 34.7. The van der Waals surface area contributed by atoms with Crippen molar-refractivity contribution in [2.24, 2.45) is 0 Å². The highest BCUT2D eigenvalue weighted by Crippen LogP contribution is 1.91. The van der Waals surface area contributed by atoms with Crippen molar-refractivity contribution < 1.29 is 37.6 Å². The van der Waals surface area contributed by atoms with Crippen molar-refractivity contribution in [3.8, 4) is 0 Å². The molecule has 8 nitrogen and oxygen atoms in total. The SMILES string of the molecule is Cc1ccc[n+](CCOCCOCCOCC[n+]2cccc(C)c2)c1.ClCCOCCOCCOCCCl. The summed E-state index contributed by atoms with van der Waals surface area (Å²) in [6.45, 7) is 13.2. The Balaban J connectivity index is 0.000000471. The molecule has 216 valence electrons. The molecule has 2 aromatic heterocycles. The Morgan fingerprint density at radius 1 is 0.500 bits per heavy atom. The fourth-order valence-electron chi connectivity index (χ4n) is 3.12. The van der Waals surface area contributed by atoms with E-state index < -0.39 is 0 Å². The second kappa shape index (κ2) is 25.9. The molecule has 10 heteroatoms. The van der Waals surface area contributed by atoms with Crippen LogP contribution in [0.5, 0.6) is 0 Å². The summed E-state index contributed by atoms with van der Waals surface area (Å²) in [7, 11) is 0. The molecule has 0 aliphatic carbocycles. The lowest BCUT2D eigenvalue weighted by Gasteiger charge is -2.05. The zero-order chi connectivity index (χ0) is 27.5. The predicted octanol–water partition coefficient (Wildman–Crippen LogP) is 3.14. The highest BCUT2D eigenvalue weighted by molar-refractivity contribution is 6.18. The van der Waals surface area contributed by atoms with Crippen molar-refractivity contribution in [3.05, 3.63) is 60.2 Å². The van der Waals surface area contributed by atoms with Gasteiger partial charge in [0.1, 0.15) is 13.2 Å². The standard InChI is InChI=1S/C20H30N2O3.C8H16Cl2O3/c1-19-5-3-7-21(17-19)9-11-23-13-15-25-16-14-24-12-10-22-8-4-6-20(2)18-22;9-1-3-11-5-7-13-8-6-12-4-2-10/h3-8,17-18H,9-16H2,1-2H3;1-8H2/q+2;. The number of nitrogens with zero attached hydrogens (tertiary/aromatic N) is 2. The highest BCUT2D eigenvalue weighted by atomic mass is 35.5. The topological polar surface area (TPSA) is 63.1 Å². The molecule has 0 amide bonds. The van der Waals surface area contributed by atoms with Gasteiger partial charge < -0.3 is 28.4 Å². The zero-order valence-corrected chi connectivity index (χ0v) is 24.5. The molecule has 0 unspecified atom stereocenters. The number of rotatable bonds is 22. The summed E-state index contributed by atoms with van der Waals surface area (Å²) in [5.74, 6) is 1.05. The van der Waals surface area contributed by atoms with E-state index in [4.69, 9.17) is 51.6 Å². The van der Waals surface area contributed by atoms with Gasteiger partial charge in [-0.05, 0) is 26.0 Å². The summed E-state index contributed by atoms with van der Waals surface area (Å²) in [5, 5.41) is 0. The molecule has 38 heavy (non-hydrogen) atoms. The van der Waals surface area contributed by atoms with Gasteiger partial charge in [-0.1, -0.05) is 0 Å². The third-order valence-electron chi connectivity index (χ3n) is 4.93. The van der Waals surface area contributed by atoms with Crippen molar-refractivity contribution in [2.45, 2.75) is 26.9 Å². The lowest BCUT2D eigenvalue weighted by molar-refractivity contribution is -0.698. The van der Waals surface area contributed by atoms with Gasteiger partial charge in [0.15, 0.2) is 37.9 Å². The molecule has 0 bridgehead atoms. The number of halogens is 2. The van der Waals surface area contributed by atoms with Crippen LogP contribution in [0.25, 0.3) is 0 Å². The maximum atomic E-state index is 5.58. The van der Waals surface area contributed by atoms with Gasteiger partial charge in [0.2, 0.25) is 0 Å². The second-order valence-corrected chi connectivity index (χ2v) is 9.05. The Morgan fingerprint density at radius 3 is 1.13 bits per heavy atom. The van der Waals surface area contributed by atoms with E-state index in [0.29, 0.717) is 91.0 Å². The molecule has 0 radical (unpaired) electrons. The Hall–Kier alpha value is -1.36. The zero-order valence-electron chi connectivity index (χ0n) is 23.0. The quantitative estimate of drug-likeness (QED) is 0.122. The minimum absolute atomic E-state index is 0.527. The Bertz CT molecular complexity index is 740. The number of alkyl halides is 2. The van der Waals surface area contributed by atoms with E-state index in [-0.39, 0.29) is 0 Å². The van der Waals surface area contributed by atoms with Crippen molar-refractivity contribution in [1.82, 2.24) is 0 Å². The number of hydrogen-bond acceptors (Lipinski definition) is 6. The smallest absolute Gasteiger partial charge is 0.171 e. The van der Waals surface area contributed by atoms with E-state index in [1.54, 1.807) is 0 Å². The lowest BCUT2D eigenvalue weighted by Crippen LogP contribution is -2.35. The molecule has 0 fully saturated rings. The Kier molecular flexibility index (Phi) is 23.6. The number of aromatic nitrogens is 2. The minimum atomic E-state index is 0.527. The average molecular weight is 578 g/mol. The normalized spacial score (nSPS) is 10.8. The number of hydrogen-bond donors (Lipinski definition) is 0. The molecule has 0 spiro atoms. The molecule has 0 saturated heterocycles. The highest BCUT2D eigenvalue weighted by Gasteiger charge is 2.01. The maximum absolute atomic E-state index is 5.58. The summed E-state index contributed by atoms with van der Waals surface area (Å²) >= 11 is 10.8.